The molecule has 30 heavy (non-hydrogen) atoms. The lowest BCUT2D eigenvalue weighted by Crippen LogP contribution is -2.24. The minimum absolute atomic E-state index is 0.462. The maximum atomic E-state index is 10.8. The number of ether oxygens (including phenoxy) is 1. The lowest BCUT2D eigenvalue weighted by atomic mass is 10.2. The Morgan fingerprint density at radius 1 is 0.933 bits per heavy atom. The molecule has 0 radical (unpaired) electrons. The van der Waals surface area contributed by atoms with Gasteiger partial charge in [-0.2, -0.15) is 0 Å². The molecule has 0 saturated heterocycles. The molecule has 1 heterocycles. The fourth-order valence-electron chi connectivity index (χ4n) is 3.65. The SMILES string of the molecule is CCCOc1ccc(NCC(O)Cn2c3ccc(Br)cc3c3cc(Br)ccc32)cc1. The molecule has 0 aliphatic carbocycles. The second-order valence-corrected chi connectivity index (χ2v) is 9.17. The Labute approximate surface area is 193 Å². The van der Waals surface area contributed by atoms with Crippen LogP contribution < -0.4 is 10.1 Å². The number of nitrogens with zero attached hydrogens (tertiary/aromatic N) is 1. The van der Waals surface area contributed by atoms with Crippen molar-refractivity contribution in [3.63, 3.8) is 0 Å². The summed E-state index contributed by atoms with van der Waals surface area (Å²) in [4.78, 5) is 0. The molecule has 0 amide bonds. The Morgan fingerprint density at radius 3 is 2.10 bits per heavy atom. The van der Waals surface area contributed by atoms with Crippen LogP contribution in [-0.2, 0) is 6.54 Å². The van der Waals surface area contributed by atoms with Crippen molar-refractivity contribution in [1.29, 1.82) is 0 Å². The van der Waals surface area contributed by atoms with E-state index in [2.05, 4.69) is 72.9 Å². The zero-order valence-corrected chi connectivity index (χ0v) is 19.9. The molecule has 0 aliphatic heterocycles. The predicted octanol–water partition coefficient (Wildman–Crippen LogP) is 6.58. The van der Waals surface area contributed by atoms with Crippen molar-refractivity contribution in [2.75, 3.05) is 18.5 Å². The van der Waals surface area contributed by atoms with Crippen LogP contribution in [0.5, 0.6) is 5.75 Å². The van der Waals surface area contributed by atoms with Crippen molar-refractivity contribution in [3.8, 4) is 5.75 Å². The van der Waals surface area contributed by atoms with Crippen LogP contribution in [0.15, 0.2) is 69.6 Å². The van der Waals surface area contributed by atoms with Crippen LogP contribution in [0, 0.1) is 0 Å². The molecule has 0 spiro atoms. The summed E-state index contributed by atoms with van der Waals surface area (Å²) in [5.74, 6) is 0.866. The van der Waals surface area contributed by atoms with Crippen LogP contribution in [0.3, 0.4) is 0 Å². The van der Waals surface area contributed by atoms with E-state index in [4.69, 9.17) is 4.74 Å². The third kappa shape index (κ3) is 4.66. The molecular formula is C24H24Br2N2O2. The van der Waals surface area contributed by atoms with Gasteiger partial charge in [-0.05, 0) is 67.1 Å². The van der Waals surface area contributed by atoms with E-state index < -0.39 is 6.10 Å². The third-order valence-electron chi connectivity index (χ3n) is 5.05. The van der Waals surface area contributed by atoms with Gasteiger partial charge in [-0.25, -0.2) is 0 Å². The van der Waals surface area contributed by atoms with Gasteiger partial charge < -0.3 is 19.7 Å². The first-order valence-electron chi connectivity index (χ1n) is 10.1. The maximum Gasteiger partial charge on any atom is 0.119 e. The van der Waals surface area contributed by atoms with Gasteiger partial charge in [0.2, 0.25) is 0 Å². The van der Waals surface area contributed by atoms with Gasteiger partial charge >= 0.3 is 0 Å². The maximum absolute atomic E-state index is 10.8. The highest BCUT2D eigenvalue weighted by Gasteiger charge is 2.14. The van der Waals surface area contributed by atoms with E-state index in [1.165, 1.54) is 10.8 Å². The lowest BCUT2D eigenvalue weighted by Gasteiger charge is -2.16. The summed E-state index contributed by atoms with van der Waals surface area (Å²) in [6.07, 6.45) is 0.454. The van der Waals surface area contributed by atoms with Crippen molar-refractivity contribution in [2.24, 2.45) is 0 Å². The number of aliphatic hydroxyl groups excluding tert-OH is 1. The molecule has 6 heteroatoms. The Balaban J connectivity index is 1.50. The summed E-state index contributed by atoms with van der Waals surface area (Å²) >= 11 is 7.15. The molecule has 0 fully saturated rings. The Bertz CT molecular complexity index is 1100. The number of nitrogens with one attached hydrogen (secondary N) is 1. The average Bonchev–Trinajstić information content (AvgIpc) is 3.03. The van der Waals surface area contributed by atoms with Crippen molar-refractivity contribution in [1.82, 2.24) is 4.57 Å². The largest absolute Gasteiger partial charge is 0.494 e. The summed E-state index contributed by atoms with van der Waals surface area (Å²) in [6, 6.07) is 20.4. The number of benzene rings is 3. The summed E-state index contributed by atoms with van der Waals surface area (Å²) in [7, 11) is 0. The molecule has 4 nitrogen and oxygen atoms in total. The summed E-state index contributed by atoms with van der Waals surface area (Å²) in [5.41, 5.74) is 3.19. The minimum atomic E-state index is -0.535. The molecule has 0 aliphatic rings. The zero-order valence-electron chi connectivity index (χ0n) is 16.7. The first kappa shape index (κ1) is 21.2. The Hall–Kier alpha value is -2.02. The van der Waals surface area contributed by atoms with Crippen LogP contribution in [0.1, 0.15) is 13.3 Å². The fraction of sp³-hybridized carbons (Fsp3) is 0.250. The Morgan fingerprint density at radius 2 is 1.53 bits per heavy atom. The van der Waals surface area contributed by atoms with Crippen LogP contribution in [0.25, 0.3) is 21.8 Å². The van der Waals surface area contributed by atoms with E-state index in [0.29, 0.717) is 13.1 Å². The summed E-state index contributed by atoms with van der Waals surface area (Å²) in [6.45, 7) is 3.78. The number of rotatable bonds is 8. The number of halogens is 2. The predicted molar refractivity (Wildman–Crippen MR) is 132 cm³/mol. The van der Waals surface area contributed by atoms with E-state index in [-0.39, 0.29) is 0 Å². The first-order valence-corrected chi connectivity index (χ1v) is 11.7. The van der Waals surface area contributed by atoms with Crippen LogP contribution in [-0.4, -0.2) is 28.9 Å². The van der Waals surface area contributed by atoms with E-state index in [0.717, 1.165) is 44.4 Å². The van der Waals surface area contributed by atoms with E-state index in [9.17, 15) is 5.11 Å². The first-order chi connectivity index (χ1) is 14.5. The molecule has 2 N–H and O–H groups in total. The second kappa shape index (κ2) is 9.41. The van der Waals surface area contributed by atoms with Crippen LogP contribution in [0.4, 0.5) is 5.69 Å². The molecule has 1 aromatic heterocycles. The van der Waals surface area contributed by atoms with Gasteiger partial charge in [-0.15, -0.1) is 0 Å². The summed E-state index contributed by atoms with van der Waals surface area (Å²) in [5, 5.41) is 16.4. The van der Waals surface area contributed by atoms with Crippen molar-refractivity contribution >= 4 is 59.4 Å². The van der Waals surface area contributed by atoms with Crippen molar-refractivity contribution in [3.05, 3.63) is 69.6 Å². The van der Waals surface area contributed by atoms with Gasteiger partial charge in [-0.3, -0.25) is 0 Å². The molecule has 4 rings (SSSR count). The molecule has 1 unspecified atom stereocenters. The number of anilines is 1. The van der Waals surface area contributed by atoms with Crippen LogP contribution >= 0.6 is 31.9 Å². The zero-order chi connectivity index (χ0) is 21.1. The topological polar surface area (TPSA) is 46.4 Å². The van der Waals surface area contributed by atoms with E-state index in [1.54, 1.807) is 0 Å². The van der Waals surface area contributed by atoms with Gasteiger partial charge in [0.1, 0.15) is 5.75 Å². The monoisotopic (exact) mass is 530 g/mol. The molecule has 1 atom stereocenters. The quantitative estimate of drug-likeness (QED) is 0.270. The van der Waals surface area contributed by atoms with Gasteiger partial charge in [0, 0.05) is 43.0 Å². The lowest BCUT2D eigenvalue weighted by molar-refractivity contribution is 0.169. The van der Waals surface area contributed by atoms with Gasteiger partial charge in [-0.1, -0.05) is 38.8 Å². The second-order valence-electron chi connectivity index (χ2n) is 7.34. The highest BCUT2D eigenvalue weighted by atomic mass is 79.9. The molecule has 4 aromatic rings. The van der Waals surface area contributed by atoms with E-state index in [1.807, 2.05) is 36.4 Å². The summed E-state index contributed by atoms with van der Waals surface area (Å²) < 4.78 is 9.90. The normalized spacial score (nSPS) is 12.4. The standard InChI is InChI=1S/C24H24Br2N2O2/c1-2-11-30-20-7-5-18(6-8-20)27-14-19(29)15-28-23-9-3-16(25)12-21(23)22-13-17(26)4-10-24(22)28/h3-10,12-13,19,27,29H,2,11,14-15H2,1H3. The van der Waals surface area contributed by atoms with Gasteiger partial charge in [0.15, 0.2) is 0 Å². The van der Waals surface area contributed by atoms with Crippen molar-refractivity contribution in [2.45, 2.75) is 26.0 Å². The average molecular weight is 532 g/mol. The molecule has 0 saturated carbocycles. The highest BCUT2D eigenvalue weighted by Crippen LogP contribution is 2.33. The molecular weight excluding hydrogens is 508 g/mol. The van der Waals surface area contributed by atoms with E-state index >= 15 is 0 Å². The highest BCUT2D eigenvalue weighted by molar-refractivity contribution is 9.10. The number of hydrogen-bond acceptors (Lipinski definition) is 3. The van der Waals surface area contributed by atoms with Gasteiger partial charge in [0.25, 0.3) is 0 Å². The Kier molecular flexibility index (Phi) is 6.66. The number of fused-ring (bicyclic) bond motifs is 3. The van der Waals surface area contributed by atoms with Crippen molar-refractivity contribution < 1.29 is 9.84 Å². The molecule has 3 aromatic carbocycles. The molecule has 156 valence electrons. The number of aromatic nitrogens is 1. The smallest absolute Gasteiger partial charge is 0.119 e. The third-order valence-corrected chi connectivity index (χ3v) is 6.04. The van der Waals surface area contributed by atoms with Crippen LogP contribution in [0.2, 0.25) is 0 Å². The van der Waals surface area contributed by atoms with Gasteiger partial charge in [0.05, 0.1) is 19.3 Å². The fourth-order valence-corrected chi connectivity index (χ4v) is 4.37. The number of hydrogen-bond donors (Lipinski definition) is 2. The minimum Gasteiger partial charge on any atom is -0.494 e. The molecule has 0 bridgehead atoms. The number of aliphatic hydroxyl groups is 1.